The molecule has 4 nitrogen and oxygen atoms in total. The minimum atomic E-state index is -0.360. The van der Waals surface area contributed by atoms with E-state index < -0.39 is 0 Å². The Kier molecular flexibility index (Phi) is 4.57. The standard InChI is InChI=1S/C18H17NO3S/c1-21-13-7-8-14-12(9-18(20)22-16(14)10-13)11-19-15-5-3-4-6-17(15)23-2/h3-10,19H,11H2,1-2H3. The highest BCUT2D eigenvalue weighted by Crippen LogP contribution is 2.27. The molecule has 1 aromatic heterocycles. The van der Waals surface area contributed by atoms with Gasteiger partial charge in [-0.1, -0.05) is 12.1 Å². The fourth-order valence-corrected chi connectivity index (χ4v) is 3.04. The molecule has 0 spiro atoms. The molecular formula is C18H17NO3S. The van der Waals surface area contributed by atoms with Crippen LogP contribution >= 0.6 is 11.8 Å². The van der Waals surface area contributed by atoms with Crippen LogP contribution in [0.5, 0.6) is 5.75 Å². The van der Waals surface area contributed by atoms with E-state index in [0.717, 1.165) is 16.6 Å². The van der Waals surface area contributed by atoms with Crippen molar-refractivity contribution < 1.29 is 9.15 Å². The van der Waals surface area contributed by atoms with Crippen molar-refractivity contribution in [2.24, 2.45) is 0 Å². The number of thioether (sulfide) groups is 1. The fraction of sp³-hybridized carbons (Fsp3) is 0.167. The number of hydrogen-bond donors (Lipinski definition) is 1. The molecule has 0 unspecified atom stereocenters. The van der Waals surface area contributed by atoms with Crippen LogP contribution in [0, 0.1) is 0 Å². The monoisotopic (exact) mass is 327 g/mol. The van der Waals surface area contributed by atoms with E-state index in [-0.39, 0.29) is 5.63 Å². The highest BCUT2D eigenvalue weighted by molar-refractivity contribution is 7.98. The van der Waals surface area contributed by atoms with Crippen molar-refractivity contribution in [3.63, 3.8) is 0 Å². The van der Waals surface area contributed by atoms with Gasteiger partial charge in [-0.15, -0.1) is 11.8 Å². The summed E-state index contributed by atoms with van der Waals surface area (Å²) in [5, 5.41) is 4.30. The SMILES string of the molecule is COc1ccc2c(CNc3ccccc3SC)cc(=O)oc2c1. The van der Waals surface area contributed by atoms with Gasteiger partial charge in [0.05, 0.1) is 7.11 Å². The first kappa shape index (κ1) is 15.5. The zero-order chi connectivity index (χ0) is 16.2. The lowest BCUT2D eigenvalue weighted by atomic mass is 10.1. The van der Waals surface area contributed by atoms with Gasteiger partial charge in [0.25, 0.3) is 0 Å². The van der Waals surface area contributed by atoms with Gasteiger partial charge >= 0.3 is 5.63 Å². The third-order valence-corrected chi connectivity index (χ3v) is 4.41. The van der Waals surface area contributed by atoms with Gasteiger partial charge < -0.3 is 14.5 Å². The summed E-state index contributed by atoms with van der Waals surface area (Å²) >= 11 is 1.68. The summed E-state index contributed by atoms with van der Waals surface area (Å²) in [5.74, 6) is 0.665. The van der Waals surface area contributed by atoms with Gasteiger partial charge in [0, 0.05) is 34.6 Å². The number of anilines is 1. The molecule has 1 heterocycles. The van der Waals surface area contributed by atoms with Crippen molar-refractivity contribution in [1.82, 2.24) is 0 Å². The first-order chi connectivity index (χ1) is 11.2. The molecule has 5 heteroatoms. The van der Waals surface area contributed by atoms with Crippen LogP contribution in [0.2, 0.25) is 0 Å². The van der Waals surface area contributed by atoms with E-state index in [1.807, 2.05) is 36.6 Å². The third kappa shape index (κ3) is 3.35. The van der Waals surface area contributed by atoms with E-state index in [1.165, 1.54) is 11.0 Å². The molecule has 0 atom stereocenters. The van der Waals surface area contributed by atoms with E-state index in [0.29, 0.717) is 17.9 Å². The first-order valence-corrected chi connectivity index (χ1v) is 8.41. The van der Waals surface area contributed by atoms with Crippen molar-refractivity contribution in [2.75, 3.05) is 18.7 Å². The number of fused-ring (bicyclic) bond motifs is 1. The summed E-state index contributed by atoms with van der Waals surface area (Å²) in [4.78, 5) is 13.0. The van der Waals surface area contributed by atoms with Gasteiger partial charge in [0.15, 0.2) is 0 Å². The van der Waals surface area contributed by atoms with E-state index in [2.05, 4.69) is 11.4 Å². The molecule has 3 rings (SSSR count). The lowest BCUT2D eigenvalue weighted by molar-refractivity contribution is 0.414. The summed E-state index contributed by atoms with van der Waals surface area (Å²) in [7, 11) is 1.59. The van der Waals surface area contributed by atoms with Crippen LogP contribution in [-0.2, 0) is 6.54 Å². The maximum Gasteiger partial charge on any atom is 0.336 e. The summed E-state index contributed by atoms with van der Waals surface area (Å²) in [6.45, 7) is 0.548. The lowest BCUT2D eigenvalue weighted by Crippen LogP contribution is -2.06. The number of ether oxygens (including phenoxy) is 1. The number of nitrogens with one attached hydrogen (secondary N) is 1. The molecule has 0 amide bonds. The van der Waals surface area contributed by atoms with E-state index >= 15 is 0 Å². The summed E-state index contributed by atoms with van der Waals surface area (Å²) < 4.78 is 10.5. The zero-order valence-corrected chi connectivity index (χ0v) is 13.8. The second-order valence-electron chi connectivity index (χ2n) is 5.01. The van der Waals surface area contributed by atoms with Crippen molar-refractivity contribution in [1.29, 1.82) is 0 Å². The number of rotatable bonds is 5. The minimum Gasteiger partial charge on any atom is -0.497 e. The van der Waals surface area contributed by atoms with Crippen LogP contribution in [0.15, 0.2) is 62.6 Å². The molecule has 2 aromatic carbocycles. The molecule has 0 bridgehead atoms. The van der Waals surface area contributed by atoms with Crippen molar-refractivity contribution >= 4 is 28.4 Å². The maximum absolute atomic E-state index is 11.8. The number of methoxy groups -OCH3 is 1. The Bertz CT molecular complexity index is 889. The van der Waals surface area contributed by atoms with Gasteiger partial charge in [-0.3, -0.25) is 0 Å². The molecular weight excluding hydrogens is 310 g/mol. The van der Waals surface area contributed by atoms with Gasteiger partial charge in [-0.25, -0.2) is 4.79 Å². The van der Waals surface area contributed by atoms with E-state index in [1.54, 1.807) is 24.9 Å². The van der Waals surface area contributed by atoms with Crippen LogP contribution in [0.3, 0.4) is 0 Å². The highest BCUT2D eigenvalue weighted by Gasteiger charge is 2.08. The molecule has 0 aliphatic carbocycles. The van der Waals surface area contributed by atoms with Crippen LogP contribution in [0.1, 0.15) is 5.56 Å². The largest absolute Gasteiger partial charge is 0.497 e. The Hall–Kier alpha value is -2.40. The average Bonchev–Trinajstić information content (AvgIpc) is 2.59. The maximum atomic E-state index is 11.8. The lowest BCUT2D eigenvalue weighted by Gasteiger charge is -2.12. The molecule has 0 saturated carbocycles. The molecule has 1 N–H and O–H groups in total. The molecule has 23 heavy (non-hydrogen) atoms. The minimum absolute atomic E-state index is 0.360. The highest BCUT2D eigenvalue weighted by atomic mass is 32.2. The normalized spacial score (nSPS) is 10.7. The third-order valence-electron chi connectivity index (χ3n) is 3.61. The predicted molar refractivity (Wildman–Crippen MR) is 94.6 cm³/mol. The van der Waals surface area contributed by atoms with Crippen molar-refractivity contribution in [3.05, 3.63) is 64.5 Å². The van der Waals surface area contributed by atoms with Gasteiger partial charge in [-0.2, -0.15) is 0 Å². The molecule has 0 aliphatic rings. The topological polar surface area (TPSA) is 51.5 Å². The van der Waals surface area contributed by atoms with Gasteiger partial charge in [0.2, 0.25) is 0 Å². The van der Waals surface area contributed by atoms with Gasteiger partial charge in [-0.05, 0) is 36.1 Å². The van der Waals surface area contributed by atoms with Crippen LogP contribution in [-0.4, -0.2) is 13.4 Å². The number of benzene rings is 2. The van der Waals surface area contributed by atoms with Crippen LogP contribution < -0.4 is 15.7 Å². The zero-order valence-electron chi connectivity index (χ0n) is 13.0. The van der Waals surface area contributed by atoms with Crippen molar-refractivity contribution in [3.8, 4) is 5.75 Å². The number of para-hydroxylation sites is 1. The second-order valence-corrected chi connectivity index (χ2v) is 5.85. The Morgan fingerprint density at radius 1 is 1.17 bits per heavy atom. The Morgan fingerprint density at radius 2 is 2.00 bits per heavy atom. The van der Waals surface area contributed by atoms with Crippen molar-refractivity contribution in [2.45, 2.75) is 11.4 Å². The Balaban J connectivity index is 1.95. The molecule has 118 valence electrons. The van der Waals surface area contributed by atoms with Crippen LogP contribution in [0.25, 0.3) is 11.0 Å². The molecule has 3 aromatic rings. The summed E-state index contributed by atoms with van der Waals surface area (Å²) in [6, 6.07) is 15.1. The fourth-order valence-electron chi connectivity index (χ4n) is 2.46. The molecule has 0 radical (unpaired) electrons. The quantitative estimate of drug-likeness (QED) is 0.564. The second kappa shape index (κ2) is 6.79. The average molecular weight is 327 g/mol. The molecule has 0 fully saturated rings. The Morgan fingerprint density at radius 3 is 2.78 bits per heavy atom. The first-order valence-electron chi connectivity index (χ1n) is 7.19. The number of hydrogen-bond acceptors (Lipinski definition) is 5. The summed E-state index contributed by atoms with van der Waals surface area (Å²) in [6.07, 6.45) is 2.04. The van der Waals surface area contributed by atoms with E-state index in [4.69, 9.17) is 9.15 Å². The molecule has 0 saturated heterocycles. The van der Waals surface area contributed by atoms with Crippen LogP contribution in [0.4, 0.5) is 5.69 Å². The smallest absolute Gasteiger partial charge is 0.336 e. The van der Waals surface area contributed by atoms with Gasteiger partial charge in [0.1, 0.15) is 11.3 Å². The summed E-state index contributed by atoms with van der Waals surface area (Å²) in [5.41, 5.74) is 2.12. The predicted octanol–water partition coefficient (Wildman–Crippen LogP) is 4.14. The van der Waals surface area contributed by atoms with E-state index in [9.17, 15) is 4.79 Å². The molecule has 0 aliphatic heterocycles. The Labute approximate surface area is 138 Å².